The number of ether oxygens (including phenoxy) is 1. The molecule has 1 fully saturated rings. The molecule has 1 aliphatic carbocycles. The molecule has 0 radical (unpaired) electrons. The van der Waals surface area contributed by atoms with E-state index in [2.05, 4.69) is 35.9 Å². The van der Waals surface area contributed by atoms with Gasteiger partial charge in [0.1, 0.15) is 17.7 Å². The Kier molecular flexibility index (Phi) is 13.5. The number of rotatable bonds is 15. The molecule has 44 heavy (non-hydrogen) atoms. The van der Waals surface area contributed by atoms with Crippen LogP contribution in [0.1, 0.15) is 77.0 Å². The SMILES string of the molecule is CC(C)(C)OC(=O)N[C@@H](Cc1ccccc1)C(=O)N[C@@H](Cc1cnc[nH]1)C(=O)N[C@H](CC1CCCCC1)[C@H](O)CCN=[N+]=[N-]. The van der Waals surface area contributed by atoms with E-state index >= 15 is 0 Å². The first-order chi connectivity index (χ1) is 21.0. The number of H-pyrrole nitrogens is 1. The zero-order valence-corrected chi connectivity index (χ0v) is 25.9. The van der Waals surface area contributed by atoms with Crippen molar-refractivity contribution in [2.24, 2.45) is 11.0 Å². The zero-order chi connectivity index (χ0) is 32.0. The smallest absolute Gasteiger partial charge is 0.408 e. The van der Waals surface area contributed by atoms with Crippen molar-refractivity contribution in [3.05, 3.63) is 64.6 Å². The third-order valence-corrected chi connectivity index (χ3v) is 7.59. The Morgan fingerprint density at radius 3 is 2.39 bits per heavy atom. The van der Waals surface area contributed by atoms with E-state index in [-0.39, 0.29) is 25.8 Å². The van der Waals surface area contributed by atoms with Gasteiger partial charge in [-0.15, -0.1) is 0 Å². The van der Waals surface area contributed by atoms with E-state index in [0.717, 1.165) is 31.2 Å². The molecule has 1 saturated carbocycles. The number of aliphatic hydroxyl groups is 1. The lowest BCUT2D eigenvalue weighted by Crippen LogP contribution is -2.57. The number of hydrogen-bond donors (Lipinski definition) is 5. The van der Waals surface area contributed by atoms with E-state index in [0.29, 0.717) is 18.0 Å². The molecule has 0 saturated heterocycles. The van der Waals surface area contributed by atoms with Crippen LogP contribution in [0.3, 0.4) is 0 Å². The molecule has 1 aromatic heterocycles. The summed E-state index contributed by atoms with van der Waals surface area (Å²) < 4.78 is 5.40. The molecule has 3 amide bonds. The summed E-state index contributed by atoms with van der Waals surface area (Å²) in [5.41, 5.74) is 9.34. The molecular weight excluding hydrogens is 564 g/mol. The average molecular weight is 611 g/mol. The van der Waals surface area contributed by atoms with E-state index < -0.39 is 47.7 Å². The monoisotopic (exact) mass is 610 g/mol. The molecular formula is C31H46N8O5. The molecule has 1 aliphatic rings. The Labute approximate surface area is 258 Å². The van der Waals surface area contributed by atoms with Gasteiger partial charge in [-0.2, -0.15) is 0 Å². The van der Waals surface area contributed by atoms with Gasteiger partial charge in [0.05, 0.1) is 18.5 Å². The lowest BCUT2D eigenvalue weighted by Gasteiger charge is -2.31. The highest BCUT2D eigenvalue weighted by Gasteiger charge is 2.32. The van der Waals surface area contributed by atoms with Crippen LogP contribution in [0.25, 0.3) is 10.4 Å². The van der Waals surface area contributed by atoms with Gasteiger partial charge >= 0.3 is 6.09 Å². The number of benzene rings is 1. The molecule has 5 N–H and O–H groups in total. The zero-order valence-electron chi connectivity index (χ0n) is 25.9. The molecule has 1 heterocycles. The van der Waals surface area contributed by atoms with Gasteiger partial charge in [0, 0.05) is 36.2 Å². The van der Waals surface area contributed by atoms with Crippen molar-refractivity contribution in [1.29, 1.82) is 0 Å². The Bertz CT molecular complexity index is 1220. The highest BCUT2D eigenvalue weighted by molar-refractivity contribution is 5.91. The van der Waals surface area contributed by atoms with Gasteiger partial charge in [-0.1, -0.05) is 67.6 Å². The minimum absolute atomic E-state index is 0.0977. The van der Waals surface area contributed by atoms with Crippen molar-refractivity contribution >= 4 is 17.9 Å². The van der Waals surface area contributed by atoms with E-state index in [1.54, 1.807) is 27.0 Å². The molecule has 2 aromatic rings. The first-order valence-corrected chi connectivity index (χ1v) is 15.3. The Hall–Kier alpha value is -4.09. The molecule has 3 rings (SSSR count). The molecule has 0 unspecified atom stereocenters. The largest absolute Gasteiger partial charge is 0.444 e. The normalized spacial score (nSPS) is 16.5. The molecule has 13 nitrogen and oxygen atoms in total. The first-order valence-electron chi connectivity index (χ1n) is 15.3. The van der Waals surface area contributed by atoms with Crippen LogP contribution in [-0.2, 0) is 27.2 Å². The van der Waals surface area contributed by atoms with Gasteiger partial charge < -0.3 is 30.8 Å². The molecule has 4 atom stereocenters. The van der Waals surface area contributed by atoms with E-state index in [1.165, 1.54) is 12.7 Å². The fourth-order valence-corrected chi connectivity index (χ4v) is 5.42. The lowest BCUT2D eigenvalue weighted by molar-refractivity contribution is -0.131. The van der Waals surface area contributed by atoms with Gasteiger partial charge in [0.25, 0.3) is 0 Å². The third-order valence-electron chi connectivity index (χ3n) is 7.59. The lowest BCUT2D eigenvalue weighted by atomic mass is 9.83. The van der Waals surface area contributed by atoms with Crippen molar-refractivity contribution in [3.63, 3.8) is 0 Å². The van der Waals surface area contributed by atoms with Crippen LogP contribution >= 0.6 is 0 Å². The number of amides is 3. The number of aromatic nitrogens is 2. The van der Waals surface area contributed by atoms with Crippen LogP contribution < -0.4 is 16.0 Å². The fourth-order valence-electron chi connectivity index (χ4n) is 5.42. The highest BCUT2D eigenvalue weighted by Crippen LogP contribution is 2.28. The predicted octanol–water partition coefficient (Wildman–Crippen LogP) is 4.09. The maximum absolute atomic E-state index is 13.8. The van der Waals surface area contributed by atoms with Crippen molar-refractivity contribution in [3.8, 4) is 0 Å². The van der Waals surface area contributed by atoms with Crippen molar-refractivity contribution < 1.29 is 24.2 Å². The van der Waals surface area contributed by atoms with E-state index in [9.17, 15) is 19.5 Å². The maximum atomic E-state index is 13.8. The number of aromatic amines is 1. The van der Waals surface area contributed by atoms with E-state index in [4.69, 9.17) is 10.3 Å². The van der Waals surface area contributed by atoms with Gasteiger partial charge in [-0.25, -0.2) is 9.78 Å². The fraction of sp³-hybridized carbons (Fsp3) is 0.613. The number of nitrogens with zero attached hydrogens (tertiary/aromatic N) is 4. The molecule has 0 aliphatic heterocycles. The molecule has 0 spiro atoms. The van der Waals surface area contributed by atoms with Gasteiger partial charge in [0.15, 0.2) is 0 Å². The second-order valence-corrected chi connectivity index (χ2v) is 12.4. The van der Waals surface area contributed by atoms with Crippen LogP contribution in [0.15, 0.2) is 48.0 Å². The maximum Gasteiger partial charge on any atom is 0.408 e. The minimum atomic E-state index is -1.04. The Morgan fingerprint density at radius 2 is 1.75 bits per heavy atom. The van der Waals surface area contributed by atoms with E-state index in [1.807, 2.05) is 30.3 Å². The van der Waals surface area contributed by atoms with Crippen molar-refractivity contribution in [2.75, 3.05) is 6.54 Å². The topological polar surface area (TPSA) is 194 Å². The summed E-state index contributed by atoms with van der Waals surface area (Å²) in [5.74, 6) is -0.698. The summed E-state index contributed by atoms with van der Waals surface area (Å²) in [7, 11) is 0. The number of aliphatic hydroxyl groups excluding tert-OH is 1. The molecule has 1 aromatic carbocycles. The van der Waals surface area contributed by atoms with Crippen LogP contribution in [0.2, 0.25) is 0 Å². The standard InChI is InChI=1S/C31H46N8O5/c1-31(2,3)44-30(43)38-25(17-22-12-8-5-9-13-22)28(41)37-26(18-23-19-33-20-34-23)29(42)36-24(27(40)14-15-35-39-32)16-21-10-6-4-7-11-21/h5,8-9,12-13,19-21,24-27,40H,4,6-7,10-11,14-18H2,1-3H3,(H,33,34)(H,36,42)(H,37,41)(H,38,43)/t24-,25+,26+,27-/m1/s1. The summed E-state index contributed by atoms with van der Waals surface area (Å²) in [5, 5.41) is 23.0. The summed E-state index contributed by atoms with van der Waals surface area (Å²) in [4.78, 5) is 50.0. The number of alkyl carbamates (subject to hydrolysis) is 1. The average Bonchev–Trinajstić information content (AvgIpc) is 3.49. The number of carbonyl (C=O) groups is 3. The van der Waals surface area contributed by atoms with Crippen LogP contribution in [0.4, 0.5) is 4.79 Å². The first kappa shape index (κ1) is 34.4. The molecule has 240 valence electrons. The Morgan fingerprint density at radius 1 is 1.07 bits per heavy atom. The number of azide groups is 1. The number of nitrogens with one attached hydrogen (secondary N) is 4. The third kappa shape index (κ3) is 12.3. The minimum Gasteiger partial charge on any atom is -0.444 e. The van der Waals surface area contributed by atoms with Crippen LogP contribution in [0.5, 0.6) is 0 Å². The van der Waals surface area contributed by atoms with Gasteiger partial charge in [-0.05, 0) is 50.6 Å². The van der Waals surface area contributed by atoms with Crippen molar-refractivity contribution in [1.82, 2.24) is 25.9 Å². The van der Waals surface area contributed by atoms with Gasteiger partial charge in [0.2, 0.25) is 11.8 Å². The summed E-state index contributed by atoms with van der Waals surface area (Å²) >= 11 is 0. The second kappa shape index (κ2) is 17.3. The predicted molar refractivity (Wildman–Crippen MR) is 165 cm³/mol. The van der Waals surface area contributed by atoms with Crippen molar-refractivity contribution in [2.45, 2.75) is 108 Å². The summed E-state index contributed by atoms with van der Waals surface area (Å²) in [6.45, 7) is 5.29. The summed E-state index contributed by atoms with van der Waals surface area (Å²) in [6, 6.07) is 6.56. The summed E-state index contributed by atoms with van der Waals surface area (Å²) in [6.07, 6.45) is 7.82. The van der Waals surface area contributed by atoms with Gasteiger partial charge in [-0.3, -0.25) is 9.59 Å². The number of hydrogen-bond acceptors (Lipinski definition) is 7. The molecule has 13 heteroatoms. The highest BCUT2D eigenvalue weighted by atomic mass is 16.6. The number of carbonyl (C=O) groups excluding carboxylic acids is 3. The van der Waals surface area contributed by atoms with Crippen LogP contribution in [0, 0.1) is 5.92 Å². The molecule has 0 bridgehead atoms. The van der Waals surface area contributed by atoms with Crippen LogP contribution in [-0.4, -0.2) is 69.4 Å². The second-order valence-electron chi connectivity index (χ2n) is 12.4. The Balaban J connectivity index is 1.81. The number of imidazole rings is 1. The quantitative estimate of drug-likeness (QED) is 0.114.